The molecule has 0 unspecified atom stereocenters. The molecule has 29 heavy (non-hydrogen) atoms. The first-order valence-corrected chi connectivity index (χ1v) is 11.4. The van der Waals surface area contributed by atoms with Crippen molar-refractivity contribution in [1.82, 2.24) is 0 Å². The zero-order chi connectivity index (χ0) is 20.8. The van der Waals surface area contributed by atoms with E-state index in [1.54, 1.807) is 6.07 Å². The van der Waals surface area contributed by atoms with Crippen molar-refractivity contribution < 1.29 is 17.9 Å². The second-order valence-electron chi connectivity index (χ2n) is 8.76. The summed E-state index contributed by atoms with van der Waals surface area (Å²) in [6, 6.07) is 3.10. The molecule has 162 valence electrons. The van der Waals surface area contributed by atoms with Crippen molar-refractivity contribution in [1.29, 1.82) is 0 Å². The van der Waals surface area contributed by atoms with Crippen LogP contribution in [0.25, 0.3) is 0 Å². The number of ether oxygens (including phenoxy) is 1. The van der Waals surface area contributed by atoms with Gasteiger partial charge in [0.1, 0.15) is 0 Å². The van der Waals surface area contributed by atoms with Crippen molar-refractivity contribution >= 4 is 11.6 Å². The Morgan fingerprint density at radius 1 is 1.00 bits per heavy atom. The van der Waals surface area contributed by atoms with Crippen molar-refractivity contribution in [2.45, 2.75) is 83.7 Å². The standard InChI is InChI=1S/C24H32ClF3O/c1-2-3-16-4-6-17(7-5-16)8-9-18-10-12-19(13-11-18)20-14-15-21(25)22(26)23(20)29-24(27)28/h2-3,14-19,24H,4-13H2,1H3/b3-2+. The van der Waals surface area contributed by atoms with Crippen LogP contribution < -0.4 is 4.74 Å². The molecule has 2 saturated carbocycles. The predicted molar refractivity (Wildman–Crippen MR) is 112 cm³/mol. The maximum Gasteiger partial charge on any atom is 0.387 e. The smallest absolute Gasteiger partial charge is 0.387 e. The fourth-order valence-corrected chi connectivity index (χ4v) is 5.40. The van der Waals surface area contributed by atoms with E-state index in [9.17, 15) is 13.2 Å². The lowest BCUT2D eigenvalue weighted by molar-refractivity contribution is -0.0531. The molecule has 0 amide bonds. The molecule has 1 aromatic rings. The van der Waals surface area contributed by atoms with E-state index in [-0.39, 0.29) is 16.7 Å². The van der Waals surface area contributed by atoms with Crippen LogP contribution >= 0.6 is 11.6 Å². The van der Waals surface area contributed by atoms with Gasteiger partial charge in [-0.2, -0.15) is 8.78 Å². The molecule has 2 fully saturated rings. The average Bonchev–Trinajstić information content (AvgIpc) is 2.72. The number of hydrogen-bond acceptors (Lipinski definition) is 1. The van der Waals surface area contributed by atoms with Crippen LogP contribution in [0.4, 0.5) is 13.2 Å². The van der Waals surface area contributed by atoms with Gasteiger partial charge in [0.2, 0.25) is 0 Å². The number of rotatable bonds is 7. The molecule has 0 spiro atoms. The quantitative estimate of drug-likeness (QED) is 0.395. The topological polar surface area (TPSA) is 9.23 Å². The average molecular weight is 429 g/mol. The number of alkyl halides is 2. The van der Waals surface area contributed by atoms with Crippen LogP contribution in [0.15, 0.2) is 24.3 Å². The van der Waals surface area contributed by atoms with E-state index in [0.717, 1.165) is 37.5 Å². The lowest BCUT2D eigenvalue weighted by Crippen LogP contribution is -2.18. The number of halogens is 4. The van der Waals surface area contributed by atoms with Crippen LogP contribution in [0, 0.1) is 23.6 Å². The maximum absolute atomic E-state index is 14.3. The summed E-state index contributed by atoms with van der Waals surface area (Å²) in [5.41, 5.74) is 0.535. The SMILES string of the molecule is C/C=C/C1CCC(CCC2CCC(c3ccc(Cl)c(F)c3OC(F)F)CC2)CC1. The molecule has 3 rings (SSSR count). The van der Waals surface area contributed by atoms with E-state index >= 15 is 0 Å². The van der Waals surface area contributed by atoms with E-state index in [4.69, 9.17) is 11.6 Å². The van der Waals surface area contributed by atoms with Gasteiger partial charge in [-0.05, 0) is 88.0 Å². The van der Waals surface area contributed by atoms with Gasteiger partial charge in [-0.1, -0.05) is 42.7 Å². The first kappa shape index (κ1) is 22.5. The molecule has 2 aliphatic rings. The Labute approximate surface area is 177 Å². The van der Waals surface area contributed by atoms with Crippen LogP contribution in [0.5, 0.6) is 5.75 Å². The normalized spacial score (nSPS) is 28.2. The largest absolute Gasteiger partial charge is 0.431 e. The maximum atomic E-state index is 14.3. The first-order valence-electron chi connectivity index (χ1n) is 11.0. The van der Waals surface area contributed by atoms with Gasteiger partial charge in [0.05, 0.1) is 5.02 Å². The van der Waals surface area contributed by atoms with Gasteiger partial charge in [-0.15, -0.1) is 0 Å². The zero-order valence-electron chi connectivity index (χ0n) is 17.2. The lowest BCUT2D eigenvalue weighted by atomic mass is 9.74. The minimum atomic E-state index is -3.05. The molecular weight excluding hydrogens is 397 g/mol. The highest BCUT2D eigenvalue weighted by Crippen LogP contribution is 2.44. The third-order valence-electron chi connectivity index (χ3n) is 6.91. The molecule has 0 N–H and O–H groups in total. The highest BCUT2D eigenvalue weighted by atomic mass is 35.5. The van der Waals surface area contributed by atoms with Gasteiger partial charge in [-0.25, -0.2) is 4.39 Å². The van der Waals surface area contributed by atoms with Crippen LogP contribution in [0.1, 0.15) is 82.6 Å². The van der Waals surface area contributed by atoms with E-state index in [1.165, 1.54) is 44.6 Å². The van der Waals surface area contributed by atoms with Crippen LogP contribution in [-0.2, 0) is 0 Å². The van der Waals surface area contributed by atoms with Crippen LogP contribution in [0.3, 0.4) is 0 Å². The molecule has 2 aliphatic carbocycles. The summed E-state index contributed by atoms with van der Waals surface area (Å²) in [6.07, 6.45) is 16.3. The van der Waals surface area contributed by atoms with E-state index < -0.39 is 12.4 Å². The summed E-state index contributed by atoms with van der Waals surface area (Å²) in [5, 5.41) is -0.178. The van der Waals surface area contributed by atoms with E-state index in [0.29, 0.717) is 11.5 Å². The van der Waals surface area contributed by atoms with Crippen molar-refractivity contribution in [3.8, 4) is 5.75 Å². The van der Waals surface area contributed by atoms with Crippen LogP contribution in [0.2, 0.25) is 5.02 Å². The Bertz CT molecular complexity index is 675. The highest BCUT2D eigenvalue weighted by molar-refractivity contribution is 6.30. The van der Waals surface area contributed by atoms with Crippen LogP contribution in [-0.4, -0.2) is 6.61 Å². The van der Waals surface area contributed by atoms with Gasteiger partial charge in [0.25, 0.3) is 0 Å². The Hall–Kier alpha value is -1.16. The second kappa shape index (κ2) is 10.7. The molecule has 0 atom stereocenters. The summed E-state index contributed by atoms with van der Waals surface area (Å²) in [5.74, 6) is 1.13. The minimum absolute atomic E-state index is 0.0584. The number of benzene rings is 1. The van der Waals surface area contributed by atoms with Gasteiger partial charge in [0, 0.05) is 5.56 Å². The molecule has 0 aromatic heterocycles. The molecule has 0 bridgehead atoms. The van der Waals surface area contributed by atoms with Gasteiger partial charge < -0.3 is 4.74 Å². The molecule has 0 saturated heterocycles. The third kappa shape index (κ3) is 6.16. The molecule has 0 heterocycles. The van der Waals surface area contributed by atoms with E-state index in [1.807, 2.05) is 0 Å². The number of hydrogen-bond donors (Lipinski definition) is 0. The monoisotopic (exact) mass is 428 g/mol. The zero-order valence-corrected chi connectivity index (χ0v) is 17.9. The molecule has 0 radical (unpaired) electrons. The Morgan fingerprint density at radius 3 is 2.14 bits per heavy atom. The van der Waals surface area contributed by atoms with Gasteiger partial charge in [0.15, 0.2) is 11.6 Å². The number of allylic oxidation sites excluding steroid dienone is 2. The summed E-state index contributed by atoms with van der Waals surface area (Å²) in [6.45, 7) is -0.954. The summed E-state index contributed by atoms with van der Waals surface area (Å²) in [7, 11) is 0. The van der Waals surface area contributed by atoms with Gasteiger partial charge >= 0.3 is 6.61 Å². The second-order valence-corrected chi connectivity index (χ2v) is 9.17. The first-order chi connectivity index (χ1) is 14.0. The minimum Gasteiger partial charge on any atom is -0.431 e. The molecule has 0 aliphatic heterocycles. The van der Waals surface area contributed by atoms with Crippen molar-refractivity contribution in [2.75, 3.05) is 0 Å². The highest BCUT2D eigenvalue weighted by Gasteiger charge is 2.28. The Kier molecular flexibility index (Phi) is 8.35. The Morgan fingerprint density at radius 2 is 1.59 bits per heavy atom. The molecule has 5 heteroatoms. The fourth-order valence-electron chi connectivity index (χ4n) is 5.25. The molecule has 1 nitrogen and oxygen atoms in total. The van der Waals surface area contributed by atoms with Crippen molar-refractivity contribution in [2.24, 2.45) is 17.8 Å². The third-order valence-corrected chi connectivity index (χ3v) is 7.21. The fraction of sp³-hybridized carbons (Fsp3) is 0.667. The Balaban J connectivity index is 1.49. The lowest BCUT2D eigenvalue weighted by Gasteiger charge is -2.32. The van der Waals surface area contributed by atoms with Gasteiger partial charge in [-0.3, -0.25) is 0 Å². The molecular formula is C24H32ClF3O. The summed E-state index contributed by atoms with van der Waals surface area (Å²) in [4.78, 5) is 0. The molecule has 1 aromatic carbocycles. The summed E-state index contributed by atoms with van der Waals surface area (Å²) >= 11 is 5.77. The van der Waals surface area contributed by atoms with Crippen molar-refractivity contribution in [3.63, 3.8) is 0 Å². The predicted octanol–water partition coefficient (Wildman–Crippen LogP) is 8.52. The van der Waals surface area contributed by atoms with E-state index in [2.05, 4.69) is 23.8 Å². The summed E-state index contributed by atoms with van der Waals surface area (Å²) < 4.78 is 44.3. The van der Waals surface area contributed by atoms with Crippen molar-refractivity contribution in [3.05, 3.63) is 40.7 Å².